The molecule has 30 heavy (non-hydrogen) atoms. The van der Waals surface area contributed by atoms with Gasteiger partial charge in [0.05, 0.1) is 5.57 Å². The van der Waals surface area contributed by atoms with Gasteiger partial charge in [-0.1, -0.05) is 29.5 Å². The lowest BCUT2D eigenvalue weighted by molar-refractivity contribution is -0.114. The Kier molecular flexibility index (Phi) is 5.00. The molecule has 5 rings (SSSR count). The number of aliphatic imine (C=N–C) groups is 1. The lowest BCUT2D eigenvalue weighted by atomic mass is 10.1. The fourth-order valence-corrected chi connectivity index (χ4v) is 5.07. The quantitative estimate of drug-likeness (QED) is 0.716. The molecule has 0 saturated carbocycles. The molecular formula is C21H19N5O2S2. The second-order valence-corrected chi connectivity index (χ2v) is 9.18. The number of carbonyl (C=O) groups excluding carboxylic acids is 1. The summed E-state index contributed by atoms with van der Waals surface area (Å²) in [4.78, 5) is 20.0. The van der Waals surface area contributed by atoms with Crippen molar-refractivity contribution in [1.82, 2.24) is 9.91 Å². The van der Waals surface area contributed by atoms with Crippen LogP contribution in [0.4, 0.5) is 0 Å². The fraction of sp³-hybridized carbons (Fsp3) is 0.238. The third-order valence-electron chi connectivity index (χ3n) is 4.95. The van der Waals surface area contributed by atoms with Crippen molar-refractivity contribution in [3.05, 3.63) is 53.3 Å². The predicted molar refractivity (Wildman–Crippen MR) is 120 cm³/mol. The van der Waals surface area contributed by atoms with Crippen LogP contribution in [0, 0.1) is 12.3 Å². The number of aryl methyl sites for hydroxylation is 1. The van der Waals surface area contributed by atoms with Gasteiger partial charge < -0.3 is 9.32 Å². The zero-order chi connectivity index (χ0) is 20.7. The van der Waals surface area contributed by atoms with E-state index in [1.807, 2.05) is 25.1 Å². The number of thioether (sulfide) groups is 1. The summed E-state index contributed by atoms with van der Waals surface area (Å²) < 4.78 is 5.85. The first-order valence-electron chi connectivity index (χ1n) is 9.66. The van der Waals surface area contributed by atoms with E-state index < -0.39 is 5.91 Å². The first kappa shape index (κ1) is 19.2. The highest BCUT2D eigenvalue weighted by atomic mass is 32.2. The molecule has 0 radical (unpaired) electrons. The van der Waals surface area contributed by atoms with Gasteiger partial charge in [0.1, 0.15) is 5.76 Å². The lowest BCUT2D eigenvalue weighted by Gasteiger charge is -2.19. The molecule has 1 aromatic carbocycles. The number of hydrogen-bond donors (Lipinski definition) is 1. The largest absolute Gasteiger partial charge is 0.450 e. The maximum atomic E-state index is 12.6. The van der Waals surface area contributed by atoms with Gasteiger partial charge in [0.25, 0.3) is 5.91 Å². The highest BCUT2D eigenvalue weighted by Gasteiger charge is 2.37. The Balaban J connectivity index is 1.36. The number of benzene rings is 1. The van der Waals surface area contributed by atoms with E-state index in [1.165, 1.54) is 34.1 Å². The highest BCUT2D eigenvalue weighted by Crippen LogP contribution is 2.33. The summed E-state index contributed by atoms with van der Waals surface area (Å²) in [6.45, 7) is 3.95. The van der Waals surface area contributed by atoms with Gasteiger partial charge in [0.2, 0.25) is 5.17 Å². The number of carbonyl (C=O) groups is 1. The summed E-state index contributed by atoms with van der Waals surface area (Å²) in [6, 6.07) is 11.8. The number of nitrogens with zero attached hydrogens (tertiary/aromatic N) is 4. The Morgan fingerprint density at radius 2 is 1.90 bits per heavy atom. The second kappa shape index (κ2) is 7.81. The van der Waals surface area contributed by atoms with Crippen molar-refractivity contribution in [3.8, 4) is 0 Å². The molecule has 3 aliphatic heterocycles. The second-order valence-electron chi connectivity index (χ2n) is 7.17. The lowest BCUT2D eigenvalue weighted by Crippen LogP contribution is -2.35. The molecule has 0 unspecified atom stereocenters. The van der Waals surface area contributed by atoms with Crippen LogP contribution in [0.15, 0.2) is 66.5 Å². The van der Waals surface area contributed by atoms with E-state index in [9.17, 15) is 4.79 Å². The zero-order valence-corrected chi connectivity index (χ0v) is 17.9. The van der Waals surface area contributed by atoms with Crippen LogP contribution in [0.25, 0.3) is 6.08 Å². The molecule has 1 fully saturated rings. The molecular weight excluding hydrogens is 418 g/mol. The molecule has 2 aromatic rings. The van der Waals surface area contributed by atoms with E-state index in [0.717, 1.165) is 41.1 Å². The van der Waals surface area contributed by atoms with Gasteiger partial charge in [-0.2, -0.15) is 10.0 Å². The molecule has 7 nitrogen and oxygen atoms in total. The van der Waals surface area contributed by atoms with Crippen molar-refractivity contribution in [2.24, 2.45) is 10.1 Å². The van der Waals surface area contributed by atoms with Crippen LogP contribution in [-0.4, -0.2) is 45.1 Å². The number of rotatable bonds is 3. The monoisotopic (exact) mass is 437 g/mol. The highest BCUT2D eigenvalue weighted by molar-refractivity contribution is 8.26. The van der Waals surface area contributed by atoms with E-state index in [4.69, 9.17) is 9.83 Å². The molecule has 0 aliphatic carbocycles. The molecule has 0 spiro atoms. The van der Waals surface area contributed by atoms with Crippen molar-refractivity contribution in [2.75, 3.05) is 13.1 Å². The van der Waals surface area contributed by atoms with Gasteiger partial charge in [0, 0.05) is 18.0 Å². The Morgan fingerprint density at radius 3 is 2.67 bits per heavy atom. The van der Waals surface area contributed by atoms with Crippen molar-refractivity contribution in [3.63, 3.8) is 0 Å². The van der Waals surface area contributed by atoms with Crippen LogP contribution < -0.4 is 0 Å². The van der Waals surface area contributed by atoms with Crippen molar-refractivity contribution in [2.45, 2.75) is 29.8 Å². The predicted octanol–water partition coefficient (Wildman–Crippen LogP) is 4.41. The Morgan fingerprint density at radius 1 is 1.13 bits per heavy atom. The van der Waals surface area contributed by atoms with Crippen molar-refractivity contribution < 1.29 is 9.21 Å². The van der Waals surface area contributed by atoms with E-state index in [0.29, 0.717) is 10.9 Å². The molecule has 1 N–H and O–H groups in total. The number of amidine groups is 3. The number of nitrogens with one attached hydrogen (secondary N) is 1. The number of hydrazone groups is 1. The Hall–Kier alpha value is -2.78. The van der Waals surface area contributed by atoms with Crippen molar-refractivity contribution in [1.29, 1.82) is 5.41 Å². The summed E-state index contributed by atoms with van der Waals surface area (Å²) >= 11 is 2.86. The summed E-state index contributed by atoms with van der Waals surface area (Å²) in [5.41, 5.74) is 1.38. The Bertz CT molecular complexity index is 1110. The van der Waals surface area contributed by atoms with E-state index >= 15 is 0 Å². The third kappa shape index (κ3) is 3.70. The summed E-state index contributed by atoms with van der Waals surface area (Å²) in [5, 5.41) is 16.4. The van der Waals surface area contributed by atoms with Gasteiger partial charge in [-0.05, 0) is 61.9 Å². The van der Waals surface area contributed by atoms with Gasteiger partial charge >= 0.3 is 0 Å². The fourth-order valence-electron chi connectivity index (χ4n) is 3.35. The van der Waals surface area contributed by atoms with Gasteiger partial charge in [-0.3, -0.25) is 10.2 Å². The smallest absolute Gasteiger partial charge is 0.283 e. The van der Waals surface area contributed by atoms with Crippen LogP contribution >= 0.6 is 23.5 Å². The maximum absolute atomic E-state index is 12.6. The maximum Gasteiger partial charge on any atom is 0.283 e. The van der Waals surface area contributed by atoms with Crippen LogP contribution in [0.5, 0.6) is 0 Å². The minimum absolute atomic E-state index is 0.0239. The average molecular weight is 438 g/mol. The SMILES string of the molecule is Cc1ccc(Sc2ccc(/C=C3\C(=N)N4N=C(N5CCCC5)SC4=NC3=O)o2)cc1. The Labute approximate surface area is 182 Å². The van der Waals surface area contributed by atoms with E-state index in [2.05, 4.69) is 27.1 Å². The van der Waals surface area contributed by atoms with Gasteiger partial charge in [-0.25, -0.2) is 0 Å². The third-order valence-corrected chi connectivity index (χ3v) is 6.85. The van der Waals surface area contributed by atoms with Crippen molar-refractivity contribution >= 4 is 51.7 Å². The molecule has 152 valence electrons. The first-order chi connectivity index (χ1) is 14.6. The first-order valence-corrected chi connectivity index (χ1v) is 11.3. The molecule has 0 atom stereocenters. The van der Waals surface area contributed by atoms with E-state index in [-0.39, 0.29) is 11.4 Å². The average Bonchev–Trinajstić information content (AvgIpc) is 3.47. The summed E-state index contributed by atoms with van der Waals surface area (Å²) in [6.07, 6.45) is 3.84. The molecule has 1 saturated heterocycles. The molecule has 1 aromatic heterocycles. The standard InChI is InChI=1S/C21H19N5O2S2/c1-13-4-7-15(8-5-13)29-17-9-6-14(28-17)12-16-18(22)26-20(23-19(16)27)30-21(24-26)25-10-2-3-11-25/h4-9,12,22H,2-3,10-11H2,1H3/b16-12+,22-18?. The van der Waals surface area contributed by atoms with Crippen LogP contribution in [0.1, 0.15) is 24.2 Å². The molecule has 9 heteroatoms. The van der Waals surface area contributed by atoms with Crippen LogP contribution in [0.2, 0.25) is 0 Å². The van der Waals surface area contributed by atoms with Gasteiger partial charge in [-0.15, -0.1) is 5.10 Å². The molecule has 3 aliphatic rings. The molecule has 1 amide bonds. The number of likely N-dealkylation sites (tertiary alicyclic amines) is 1. The van der Waals surface area contributed by atoms with Crippen LogP contribution in [0.3, 0.4) is 0 Å². The summed E-state index contributed by atoms with van der Waals surface area (Å²) in [5.74, 6) is 0.0866. The minimum atomic E-state index is -0.444. The molecule has 4 heterocycles. The summed E-state index contributed by atoms with van der Waals surface area (Å²) in [7, 11) is 0. The van der Waals surface area contributed by atoms with Crippen LogP contribution in [-0.2, 0) is 4.79 Å². The van der Waals surface area contributed by atoms with Gasteiger partial charge in [0.15, 0.2) is 16.1 Å². The molecule has 0 bridgehead atoms. The minimum Gasteiger partial charge on any atom is -0.450 e. The zero-order valence-electron chi connectivity index (χ0n) is 16.3. The normalized spacial score (nSPS) is 20.1. The topological polar surface area (TPSA) is 85.3 Å². The number of furan rings is 1. The number of fused-ring (bicyclic) bond motifs is 1. The number of amides is 1. The number of hydrogen-bond acceptors (Lipinski definition) is 7. The van der Waals surface area contributed by atoms with E-state index in [1.54, 1.807) is 12.1 Å².